The molecule has 5 N–H and O–H groups in total. The molecule has 3 rings (SSSR count). The van der Waals surface area contributed by atoms with Crippen molar-refractivity contribution >= 4 is 17.0 Å². The summed E-state index contributed by atoms with van der Waals surface area (Å²) >= 11 is 0. The summed E-state index contributed by atoms with van der Waals surface area (Å²) < 4.78 is 0. The van der Waals surface area contributed by atoms with Crippen LogP contribution < -0.4 is 16.6 Å². The lowest BCUT2D eigenvalue weighted by Gasteiger charge is -2.12. The van der Waals surface area contributed by atoms with Crippen molar-refractivity contribution in [1.29, 1.82) is 10.5 Å². The highest BCUT2D eigenvalue weighted by Gasteiger charge is 2.36. The zero-order valence-electron chi connectivity index (χ0n) is 11.2. The molecule has 0 aliphatic carbocycles. The highest BCUT2D eigenvalue weighted by molar-refractivity contribution is 5.89. The summed E-state index contributed by atoms with van der Waals surface area (Å²) in [7, 11) is 0. The minimum absolute atomic E-state index is 0.413. The third-order valence-electron chi connectivity index (χ3n) is 3.70. The number of nitrogens with zero attached hydrogens (tertiary/aromatic N) is 2. The third kappa shape index (κ3) is 2.28. The van der Waals surface area contributed by atoms with E-state index in [1.165, 1.54) is 0 Å². The summed E-state index contributed by atoms with van der Waals surface area (Å²) in [5, 5.41) is 19.6. The number of benzene rings is 1. The fourth-order valence-corrected chi connectivity index (χ4v) is 2.57. The van der Waals surface area contributed by atoms with Crippen molar-refractivity contribution in [3.05, 3.63) is 41.6 Å². The molecule has 1 fully saturated rings. The van der Waals surface area contributed by atoms with Crippen LogP contribution in [0.2, 0.25) is 0 Å². The summed E-state index contributed by atoms with van der Waals surface area (Å²) in [4.78, 5) is 3.16. The standard InChI is InChI=1S/C15H14N6/c16-6-9(14-12(7-17)15(18)21-20-14)5-10-8-19-13-4-2-1-3-11(10)13/h1-5,8,12,14-15,19-21H,18H2/b9-5+. The molecule has 1 saturated heterocycles. The van der Waals surface area contributed by atoms with Gasteiger partial charge in [-0.1, -0.05) is 18.2 Å². The molecule has 104 valence electrons. The Morgan fingerprint density at radius 2 is 2.05 bits per heavy atom. The molecule has 1 aromatic heterocycles. The Kier molecular flexibility index (Phi) is 3.43. The molecule has 1 aliphatic rings. The van der Waals surface area contributed by atoms with E-state index in [0.29, 0.717) is 5.57 Å². The van der Waals surface area contributed by atoms with Crippen LogP contribution in [-0.4, -0.2) is 17.2 Å². The first-order valence-corrected chi connectivity index (χ1v) is 6.58. The maximum absolute atomic E-state index is 9.41. The normalized spacial score (nSPS) is 25.7. The summed E-state index contributed by atoms with van der Waals surface area (Å²) in [5.74, 6) is -0.485. The average molecular weight is 278 g/mol. The Bertz CT molecular complexity index is 775. The average Bonchev–Trinajstić information content (AvgIpc) is 3.08. The molecular weight excluding hydrogens is 264 g/mol. The van der Waals surface area contributed by atoms with E-state index in [4.69, 9.17) is 5.73 Å². The van der Waals surface area contributed by atoms with E-state index in [1.54, 1.807) is 6.08 Å². The van der Waals surface area contributed by atoms with Gasteiger partial charge in [-0.3, -0.25) is 0 Å². The number of aromatic nitrogens is 1. The predicted molar refractivity (Wildman–Crippen MR) is 79.0 cm³/mol. The van der Waals surface area contributed by atoms with E-state index in [2.05, 4.69) is 28.0 Å². The monoisotopic (exact) mass is 278 g/mol. The van der Waals surface area contributed by atoms with Crippen LogP contribution in [0.1, 0.15) is 5.56 Å². The number of fused-ring (bicyclic) bond motifs is 1. The zero-order chi connectivity index (χ0) is 14.8. The Balaban J connectivity index is 2.01. The Hall–Kier alpha value is -2.64. The molecular formula is C15H14N6. The van der Waals surface area contributed by atoms with Crippen LogP contribution in [0.3, 0.4) is 0 Å². The van der Waals surface area contributed by atoms with Gasteiger partial charge in [0.05, 0.1) is 30.3 Å². The smallest absolute Gasteiger partial charge is 0.0972 e. The minimum Gasteiger partial charge on any atom is -0.361 e. The fraction of sp³-hybridized carbons (Fsp3) is 0.200. The lowest BCUT2D eigenvalue weighted by atomic mass is 9.93. The van der Waals surface area contributed by atoms with E-state index < -0.39 is 18.1 Å². The molecule has 0 amide bonds. The first-order chi connectivity index (χ1) is 10.2. The van der Waals surface area contributed by atoms with Gasteiger partial charge in [-0.15, -0.1) is 0 Å². The van der Waals surface area contributed by atoms with Crippen molar-refractivity contribution in [1.82, 2.24) is 15.8 Å². The molecule has 0 bridgehead atoms. The number of hydrogen-bond acceptors (Lipinski definition) is 5. The van der Waals surface area contributed by atoms with Crippen molar-refractivity contribution in [2.75, 3.05) is 0 Å². The highest BCUT2D eigenvalue weighted by atomic mass is 15.5. The summed E-state index contributed by atoms with van der Waals surface area (Å²) in [5.41, 5.74) is 13.9. The van der Waals surface area contributed by atoms with Gasteiger partial charge in [-0.2, -0.15) is 10.5 Å². The van der Waals surface area contributed by atoms with Gasteiger partial charge in [-0.05, 0) is 12.1 Å². The Morgan fingerprint density at radius 3 is 2.81 bits per heavy atom. The fourth-order valence-electron chi connectivity index (χ4n) is 2.57. The Morgan fingerprint density at radius 1 is 1.24 bits per heavy atom. The molecule has 2 aromatic rings. The maximum Gasteiger partial charge on any atom is 0.0972 e. The van der Waals surface area contributed by atoms with Crippen molar-refractivity contribution in [3.63, 3.8) is 0 Å². The molecule has 0 saturated carbocycles. The number of para-hydroxylation sites is 1. The molecule has 0 radical (unpaired) electrons. The number of rotatable bonds is 2. The first-order valence-electron chi connectivity index (χ1n) is 6.58. The third-order valence-corrected chi connectivity index (χ3v) is 3.70. The van der Waals surface area contributed by atoms with Gasteiger partial charge in [0.15, 0.2) is 0 Å². The van der Waals surface area contributed by atoms with E-state index in [-0.39, 0.29) is 0 Å². The second-order valence-corrected chi connectivity index (χ2v) is 4.95. The second-order valence-electron chi connectivity index (χ2n) is 4.95. The molecule has 3 unspecified atom stereocenters. The quantitative estimate of drug-likeness (QED) is 0.611. The maximum atomic E-state index is 9.41. The van der Waals surface area contributed by atoms with Gasteiger partial charge in [0.1, 0.15) is 0 Å². The van der Waals surface area contributed by atoms with Gasteiger partial charge in [-0.25, -0.2) is 10.9 Å². The number of H-pyrrole nitrogens is 1. The molecule has 1 aliphatic heterocycles. The molecule has 6 heteroatoms. The van der Waals surface area contributed by atoms with Gasteiger partial charge in [0.25, 0.3) is 0 Å². The van der Waals surface area contributed by atoms with Gasteiger partial charge >= 0.3 is 0 Å². The zero-order valence-corrected chi connectivity index (χ0v) is 11.2. The summed E-state index contributed by atoms with van der Waals surface area (Å²) in [6.07, 6.45) is 3.16. The second kappa shape index (κ2) is 5.39. The number of aromatic amines is 1. The molecule has 0 spiro atoms. The van der Waals surface area contributed by atoms with Crippen molar-refractivity contribution in [2.45, 2.75) is 12.2 Å². The topological polar surface area (TPSA) is 113 Å². The van der Waals surface area contributed by atoms with Crippen LogP contribution in [0.15, 0.2) is 36.0 Å². The highest BCUT2D eigenvalue weighted by Crippen LogP contribution is 2.24. The lowest BCUT2D eigenvalue weighted by Crippen LogP contribution is -2.38. The van der Waals surface area contributed by atoms with Crippen LogP contribution in [0, 0.1) is 28.6 Å². The molecule has 21 heavy (non-hydrogen) atoms. The van der Waals surface area contributed by atoms with Crippen molar-refractivity contribution in [3.8, 4) is 12.1 Å². The predicted octanol–water partition coefficient (Wildman–Crippen LogP) is 0.976. The lowest BCUT2D eigenvalue weighted by molar-refractivity contribution is 0.536. The number of hydrazine groups is 1. The SMILES string of the molecule is N#C/C(=C\c1c[nH]c2ccccc12)C1NNC(N)C1C#N. The number of nitrogens with one attached hydrogen (secondary N) is 3. The summed E-state index contributed by atoms with van der Waals surface area (Å²) in [6, 6.07) is 11.8. The van der Waals surface area contributed by atoms with Crippen LogP contribution in [0.25, 0.3) is 17.0 Å². The first kappa shape index (κ1) is 13.3. The van der Waals surface area contributed by atoms with Gasteiger partial charge in [0, 0.05) is 28.2 Å². The van der Waals surface area contributed by atoms with Crippen LogP contribution in [-0.2, 0) is 0 Å². The molecule has 2 heterocycles. The minimum atomic E-state index is -0.486. The molecule has 6 nitrogen and oxygen atoms in total. The van der Waals surface area contributed by atoms with E-state index in [0.717, 1.165) is 16.5 Å². The Labute approximate surface area is 121 Å². The van der Waals surface area contributed by atoms with Crippen molar-refractivity contribution in [2.24, 2.45) is 11.7 Å². The van der Waals surface area contributed by atoms with E-state index in [9.17, 15) is 10.5 Å². The molecule has 1 aromatic carbocycles. The van der Waals surface area contributed by atoms with E-state index >= 15 is 0 Å². The number of hydrogen-bond donors (Lipinski definition) is 4. The molecule has 3 atom stereocenters. The summed E-state index contributed by atoms with van der Waals surface area (Å²) in [6.45, 7) is 0. The number of nitrogens with two attached hydrogens (primary N) is 1. The number of nitriles is 2. The van der Waals surface area contributed by atoms with Crippen LogP contribution in [0.5, 0.6) is 0 Å². The van der Waals surface area contributed by atoms with Crippen LogP contribution in [0.4, 0.5) is 0 Å². The van der Waals surface area contributed by atoms with Gasteiger partial charge in [0.2, 0.25) is 0 Å². The van der Waals surface area contributed by atoms with Crippen LogP contribution >= 0.6 is 0 Å². The largest absolute Gasteiger partial charge is 0.361 e. The van der Waals surface area contributed by atoms with Crippen molar-refractivity contribution < 1.29 is 0 Å². The van der Waals surface area contributed by atoms with E-state index in [1.807, 2.05) is 30.5 Å². The van der Waals surface area contributed by atoms with Gasteiger partial charge < -0.3 is 10.7 Å².